The third-order valence-corrected chi connectivity index (χ3v) is 4.85. The van der Waals surface area contributed by atoms with Gasteiger partial charge in [-0.25, -0.2) is 4.79 Å². The van der Waals surface area contributed by atoms with E-state index in [1.54, 1.807) is 14.0 Å². The van der Waals surface area contributed by atoms with E-state index in [0.717, 1.165) is 18.6 Å². The van der Waals surface area contributed by atoms with Crippen LogP contribution in [-0.4, -0.2) is 38.7 Å². The van der Waals surface area contributed by atoms with Crippen molar-refractivity contribution in [3.8, 4) is 5.75 Å². The molecule has 0 radical (unpaired) electrons. The number of carbonyl (C=O) groups excluding carboxylic acids is 2. The Morgan fingerprint density at radius 2 is 2.00 bits per heavy atom. The van der Waals surface area contributed by atoms with Gasteiger partial charge in [0.05, 0.1) is 13.2 Å². The molecule has 6 heteroatoms. The van der Waals surface area contributed by atoms with Crippen LogP contribution in [0.1, 0.15) is 38.2 Å². The minimum Gasteiger partial charge on any atom is -0.497 e. The van der Waals surface area contributed by atoms with E-state index in [1.807, 2.05) is 12.1 Å². The molecular weight excluding hydrogens is 306 g/mol. The number of hydrogen-bond donors (Lipinski definition) is 3. The molecule has 132 valence electrons. The lowest BCUT2D eigenvalue weighted by Crippen LogP contribution is -2.50. The molecule has 0 aliphatic heterocycles. The molecule has 0 aromatic heterocycles. The van der Waals surface area contributed by atoms with Crippen molar-refractivity contribution in [2.75, 3.05) is 20.7 Å². The third kappa shape index (κ3) is 4.26. The summed E-state index contributed by atoms with van der Waals surface area (Å²) in [4.78, 5) is 23.3. The summed E-state index contributed by atoms with van der Waals surface area (Å²) in [5.41, 5.74) is 1.25. The summed E-state index contributed by atoms with van der Waals surface area (Å²) in [7, 11) is 3.15. The van der Waals surface area contributed by atoms with Crippen LogP contribution < -0.4 is 20.7 Å². The summed E-state index contributed by atoms with van der Waals surface area (Å²) in [6.45, 7) is 2.47. The number of ether oxygens (including phenoxy) is 1. The standard InChI is InChI=1S/C18H27N3O3/c1-13(16(22)21-17(23)19-2)20-12-18(9-4-5-10-18)14-7-6-8-15(11-14)24-3/h6-8,11,13,20H,4-5,9-10,12H2,1-3H3,(H2,19,21,22,23)/t13-/m1/s1. The molecule has 2 rings (SSSR count). The summed E-state index contributed by atoms with van der Waals surface area (Å²) in [6.07, 6.45) is 4.52. The van der Waals surface area contributed by atoms with E-state index >= 15 is 0 Å². The van der Waals surface area contributed by atoms with Gasteiger partial charge in [0.2, 0.25) is 5.91 Å². The van der Waals surface area contributed by atoms with Crippen molar-refractivity contribution in [3.05, 3.63) is 29.8 Å². The molecule has 1 saturated carbocycles. The molecule has 0 spiro atoms. The van der Waals surface area contributed by atoms with E-state index in [9.17, 15) is 9.59 Å². The topological polar surface area (TPSA) is 79.5 Å². The zero-order valence-corrected chi connectivity index (χ0v) is 14.6. The maximum Gasteiger partial charge on any atom is 0.321 e. The molecule has 3 amide bonds. The molecule has 1 aliphatic rings. The molecule has 1 atom stereocenters. The fourth-order valence-electron chi connectivity index (χ4n) is 3.30. The van der Waals surface area contributed by atoms with Gasteiger partial charge >= 0.3 is 6.03 Å². The lowest BCUT2D eigenvalue weighted by molar-refractivity contribution is -0.121. The van der Waals surface area contributed by atoms with Gasteiger partial charge in [-0.1, -0.05) is 25.0 Å². The highest BCUT2D eigenvalue weighted by atomic mass is 16.5. The Bertz CT molecular complexity index is 583. The van der Waals surface area contributed by atoms with Gasteiger partial charge in [-0.2, -0.15) is 0 Å². The van der Waals surface area contributed by atoms with Gasteiger partial charge in [0.25, 0.3) is 0 Å². The van der Waals surface area contributed by atoms with Crippen LogP contribution in [0, 0.1) is 0 Å². The molecule has 0 unspecified atom stereocenters. The Kier molecular flexibility index (Phi) is 6.20. The van der Waals surface area contributed by atoms with E-state index in [0.29, 0.717) is 6.54 Å². The first-order valence-electron chi connectivity index (χ1n) is 8.41. The largest absolute Gasteiger partial charge is 0.497 e. The second-order valence-corrected chi connectivity index (χ2v) is 6.39. The number of carbonyl (C=O) groups is 2. The Balaban J connectivity index is 2.05. The van der Waals surface area contributed by atoms with Crippen molar-refractivity contribution in [3.63, 3.8) is 0 Å². The van der Waals surface area contributed by atoms with Crippen molar-refractivity contribution >= 4 is 11.9 Å². The lowest BCUT2D eigenvalue weighted by Gasteiger charge is -2.31. The smallest absolute Gasteiger partial charge is 0.321 e. The second-order valence-electron chi connectivity index (χ2n) is 6.39. The first-order chi connectivity index (χ1) is 11.5. The molecule has 3 N–H and O–H groups in total. The van der Waals surface area contributed by atoms with Crippen LogP contribution in [0.3, 0.4) is 0 Å². The van der Waals surface area contributed by atoms with Crippen LogP contribution in [0.4, 0.5) is 4.79 Å². The minimum atomic E-state index is -0.489. The van der Waals surface area contributed by atoms with Crippen molar-refractivity contribution < 1.29 is 14.3 Å². The number of imide groups is 1. The number of rotatable bonds is 6. The van der Waals surface area contributed by atoms with Crippen LogP contribution in [0.5, 0.6) is 5.75 Å². The number of nitrogens with one attached hydrogen (secondary N) is 3. The quantitative estimate of drug-likeness (QED) is 0.743. The maximum absolute atomic E-state index is 12.0. The van der Waals surface area contributed by atoms with Crippen molar-refractivity contribution in [2.24, 2.45) is 0 Å². The summed E-state index contributed by atoms with van der Waals surface area (Å²) < 4.78 is 5.35. The Morgan fingerprint density at radius 3 is 2.62 bits per heavy atom. The second kappa shape index (κ2) is 8.15. The van der Waals surface area contributed by atoms with Gasteiger partial charge in [0, 0.05) is 19.0 Å². The molecule has 1 fully saturated rings. The first-order valence-corrected chi connectivity index (χ1v) is 8.41. The van der Waals surface area contributed by atoms with E-state index < -0.39 is 12.1 Å². The molecule has 0 bridgehead atoms. The average Bonchev–Trinajstić information content (AvgIpc) is 3.09. The zero-order chi connectivity index (χ0) is 17.6. The number of methoxy groups -OCH3 is 1. The monoisotopic (exact) mass is 333 g/mol. The Morgan fingerprint density at radius 1 is 1.29 bits per heavy atom. The normalized spacial score (nSPS) is 17.1. The first kappa shape index (κ1) is 18.3. The van der Waals surface area contributed by atoms with E-state index in [-0.39, 0.29) is 11.3 Å². The number of amides is 3. The van der Waals surface area contributed by atoms with Crippen LogP contribution in [0.2, 0.25) is 0 Å². The van der Waals surface area contributed by atoms with Crippen LogP contribution >= 0.6 is 0 Å². The minimum absolute atomic E-state index is 0.0100. The van der Waals surface area contributed by atoms with Gasteiger partial charge in [0.1, 0.15) is 5.75 Å². The van der Waals surface area contributed by atoms with Crippen LogP contribution in [-0.2, 0) is 10.2 Å². The van der Waals surface area contributed by atoms with Crippen molar-refractivity contribution in [2.45, 2.75) is 44.1 Å². The molecular formula is C18H27N3O3. The van der Waals surface area contributed by atoms with E-state index in [2.05, 4.69) is 28.1 Å². The van der Waals surface area contributed by atoms with Gasteiger partial charge in [-0.3, -0.25) is 10.1 Å². The molecule has 6 nitrogen and oxygen atoms in total. The highest BCUT2D eigenvalue weighted by Crippen LogP contribution is 2.41. The maximum atomic E-state index is 12.0. The molecule has 1 aromatic carbocycles. The Hall–Kier alpha value is -2.08. The van der Waals surface area contributed by atoms with Crippen molar-refractivity contribution in [1.82, 2.24) is 16.0 Å². The fraction of sp³-hybridized carbons (Fsp3) is 0.556. The molecule has 1 aromatic rings. The zero-order valence-electron chi connectivity index (χ0n) is 14.6. The molecule has 0 saturated heterocycles. The van der Waals surface area contributed by atoms with Gasteiger partial charge in [-0.05, 0) is 37.5 Å². The average molecular weight is 333 g/mol. The summed E-state index contributed by atoms with van der Waals surface area (Å²) >= 11 is 0. The predicted molar refractivity (Wildman–Crippen MR) is 93.2 cm³/mol. The highest BCUT2D eigenvalue weighted by molar-refractivity contribution is 5.96. The Labute approximate surface area is 143 Å². The SMILES string of the molecule is CNC(=O)NC(=O)[C@@H](C)NCC1(c2cccc(OC)c2)CCCC1. The number of urea groups is 1. The fourth-order valence-corrected chi connectivity index (χ4v) is 3.30. The summed E-state index contributed by atoms with van der Waals surface area (Å²) in [5.74, 6) is 0.525. The third-order valence-electron chi connectivity index (χ3n) is 4.85. The van der Waals surface area contributed by atoms with Crippen LogP contribution in [0.25, 0.3) is 0 Å². The van der Waals surface area contributed by atoms with E-state index in [4.69, 9.17) is 4.74 Å². The summed E-state index contributed by atoms with van der Waals surface area (Å²) in [6, 6.07) is 7.24. The van der Waals surface area contributed by atoms with Crippen molar-refractivity contribution in [1.29, 1.82) is 0 Å². The lowest BCUT2D eigenvalue weighted by atomic mass is 9.78. The van der Waals surface area contributed by atoms with Gasteiger partial charge < -0.3 is 15.4 Å². The van der Waals surface area contributed by atoms with Gasteiger partial charge in [0.15, 0.2) is 0 Å². The summed E-state index contributed by atoms with van der Waals surface area (Å²) in [5, 5.41) is 7.98. The molecule has 0 heterocycles. The van der Waals surface area contributed by atoms with Gasteiger partial charge in [-0.15, -0.1) is 0 Å². The molecule has 24 heavy (non-hydrogen) atoms. The predicted octanol–water partition coefficient (Wildman–Crippen LogP) is 1.94. The number of hydrogen-bond acceptors (Lipinski definition) is 4. The van der Waals surface area contributed by atoms with Crippen LogP contribution in [0.15, 0.2) is 24.3 Å². The highest BCUT2D eigenvalue weighted by Gasteiger charge is 2.36. The van der Waals surface area contributed by atoms with E-state index in [1.165, 1.54) is 25.5 Å². The number of benzene rings is 1. The molecule has 1 aliphatic carbocycles.